The van der Waals surface area contributed by atoms with Crippen molar-refractivity contribution in [1.82, 2.24) is 10.0 Å². The van der Waals surface area contributed by atoms with Crippen LogP contribution in [0.15, 0.2) is 47.4 Å². The summed E-state index contributed by atoms with van der Waals surface area (Å²) in [4.78, 5) is 12.5. The molecule has 2 aromatic rings. The highest BCUT2D eigenvalue weighted by molar-refractivity contribution is 7.89. The fraction of sp³-hybridized carbons (Fsp3) is 0.350. The molecule has 0 aliphatic carbocycles. The first-order chi connectivity index (χ1) is 13.9. The van der Waals surface area contributed by atoms with Crippen LogP contribution in [0.3, 0.4) is 0 Å². The molecule has 0 unspecified atom stereocenters. The number of methoxy groups -OCH3 is 1. The molecule has 0 aliphatic heterocycles. The third kappa shape index (κ3) is 6.37. The van der Waals surface area contributed by atoms with Gasteiger partial charge < -0.3 is 19.5 Å². The van der Waals surface area contributed by atoms with Crippen LogP contribution in [0.25, 0.3) is 0 Å². The summed E-state index contributed by atoms with van der Waals surface area (Å²) in [7, 11) is -2.16. The van der Waals surface area contributed by atoms with Crippen LogP contribution in [-0.4, -0.2) is 47.7 Å². The third-order valence-electron chi connectivity index (χ3n) is 3.88. The van der Waals surface area contributed by atoms with E-state index in [1.54, 1.807) is 30.3 Å². The summed E-state index contributed by atoms with van der Waals surface area (Å²) in [5.74, 6) is 1.29. The zero-order valence-electron chi connectivity index (χ0n) is 16.7. The number of nitrogens with one attached hydrogen (secondary N) is 2. The highest BCUT2D eigenvalue weighted by atomic mass is 32.2. The van der Waals surface area contributed by atoms with Crippen LogP contribution in [0.2, 0.25) is 0 Å². The second-order valence-corrected chi connectivity index (χ2v) is 7.62. The zero-order chi connectivity index (χ0) is 21.3. The molecule has 0 bridgehead atoms. The number of carbonyl (C=O) groups excluding carboxylic acids is 1. The highest BCUT2D eigenvalue weighted by Crippen LogP contribution is 2.28. The van der Waals surface area contributed by atoms with Crippen molar-refractivity contribution in [3.63, 3.8) is 0 Å². The minimum Gasteiger partial charge on any atom is -0.497 e. The van der Waals surface area contributed by atoms with Crippen LogP contribution in [-0.2, 0) is 10.0 Å². The Hall–Kier alpha value is -2.78. The van der Waals surface area contributed by atoms with E-state index in [9.17, 15) is 13.2 Å². The molecule has 0 fully saturated rings. The quantitative estimate of drug-likeness (QED) is 0.538. The molecule has 0 saturated heterocycles. The normalized spacial score (nSPS) is 11.0. The van der Waals surface area contributed by atoms with Gasteiger partial charge in [0.2, 0.25) is 10.0 Å². The first-order valence-electron chi connectivity index (χ1n) is 9.22. The standard InChI is InChI=1S/C20H26N2O6S/c1-4-27-18-11-6-15(14-19(18)28-5-2)20(23)21-12-13-22-29(24,25)17-9-7-16(26-3)8-10-17/h6-11,14,22H,4-5,12-13H2,1-3H3,(H,21,23). The van der Waals surface area contributed by atoms with Crippen molar-refractivity contribution in [3.8, 4) is 17.2 Å². The van der Waals surface area contributed by atoms with Gasteiger partial charge in [-0.2, -0.15) is 0 Å². The number of sulfonamides is 1. The molecule has 158 valence electrons. The summed E-state index contributed by atoms with van der Waals surface area (Å²) in [6, 6.07) is 11.0. The molecule has 2 aromatic carbocycles. The number of carbonyl (C=O) groups is 1. The van der Waals surface area contributed by atoms with Gasteiger partial charge in [0.25, 0.3) is 5.91 Å². The molecule has 0 spiro atoms. The maximum Gasteiger partial charge on any atom is 0.251 e. The predicted molar refractivity (Wildman–Crippen MR) is 109 cm³/mol. The molecule has 8 nitrogen and oxygen atoms in total. The molecule has 0 heterocycles. The number of amides is 1. The Kier molecular flexibility index (Phi) is 8.29. The average molecular weight is 423 g/mol. The molecule has 29 heavy (non-hydrogen) atoms. The maximum atomic E-state index is 12.3. The van der Waals surface area contributed by atoms with Gasteiger partial charge in [-0.15, -0.1) is 0 Å². The van der Waals surface area contributed by atoms with Gasteiger partial charge in [-0.1, -0.05) is 0 Å². The maximum absolute atomic E-state index is 12.3. The van der Waals surface area contributed by atoms with E-state index in [2.05, 4.69) is 10.0 Å². The summed E-state index contributed by atoms with van der Waals surface area (Å²) in [6.45, 7) is 4.82. The summed E-state index contributed by atoms with van der Waals surface area (Å²) >= 11 is 0. The molecular weight excluding hydrogens is 396 g/mol. The Morgan fingerprint density at radius 2 is 1.59 bits per heavy atom. The minimum absolute atomic E-state index is 0.0510. The van der Waals surface area contributed by atoms with Crippen molar-refractivity contribution < 1.29 is 27.4 Å². The highest BCUT2D eigenvalue weighted by Gasteiger charge is 2.14. The SMILES string of the molecule is CCOc1ccc(C(=O)NCCNS(=O)(=O)c2ccc(OC)cc2)cc1OCC. The van der Waals surface area contributed by atoms with Crippen LogP contribution in [0, 0.1) is 0 Å². The Bertz CT molecular complexity index is 913. The number of ether oxygens (including phenoxy) is 3. The number of benzene rings is 2. The van der Waals surface area contributed by atoms with Gasteiger partial charge in [0.1, 0.15) is 5.75 Å². The number of rotatable bonds is 11. The molecule has 0 atom stereocenters. The first-order valence-corrected chi connectivity index (χ1v) is 10.7. The Labute approximate surface area is 171 Å². The zero-order valence-corrected chi connectivity index (χ0v) is 17.5. The van der Waals surface area contributed by atoms with Gasteiger partial charge in [-0.3, -0.25) is 4.79 Å². The Balaban J connectivity index is 1.91. The first kappa shape index (κ1) is 22.5. The van der Waals surface area contributed by atoms with E-state index < -0.39 is 10.0 Å². The Morgan fingerprint density at radius 1 is 0.931 bits per heavy atom. The Morgan fingerprint density at radius 3 is 2.21 bits per heavy atom. The van der Waals surface area contributed by atoms with Crippen molar-refractivity contribution in [3.05, 3.63) is 48.0 Å². The van der Waals surface area contributed by atoms with Gasteiger partial charge in [-0.05, 0) is 56.3 Å². The van der Waals surface area contributed by atoms with Crippen molar-refractivity contribution in [2.24, 2.45) is 0 Å². The topological polar surface area (TPSA) is 103 Å². The largest absolute Gasteiger partial charge is 0.497 e. The van der Waals surface area contributed by atoms with Crippen molar-refractivity contribution in [1.29, 1.82) is 0 Å². The lowest BCUT2D eigenvalue weighted by atomic mass is 10.2. The molecule has 0 aliphatic rings. The minimum atomic E-state index is -3.67. The molecule has 0 saturated carbocycles. The lowest BCUT2D eigenvalue weighted by Gasteiger charge is -2.13. The summed E-state index contributed by atoms with van der Waals surface area (Å²) in [5, 5.41) is 2.68. The molecule has 0 radical (unpaired) electrons. The number of hydrogen-bond acceptors (Lipinski definition) is 6. The van der Waals surface area contributed by atoms with Crippen LogP contribution >= 0.6 is 0 Å². The van der Waals surface area contributed by atoms with Crippen LogP contribution in [0.5, 0.6) is 17.2 Å². The van der Waals surface area contributed by atoms with Gasteiger partial charge in [0.15, 0.2) is 11.5 Å². The molecule has 9 heteroatoms. The second kappa shape index (κ2) is 10.7. The lowest BCUT2D eigenvalue weighted by Crippen LogP contribution is -2.34. The van der Waals surface area contributed by atoms with Crippen molar-refractivity contribution >= 4 is 15.9 Å². The fourth-order valence-corrected chi connectivity index (χ4v) is 3.53. The van der Waals surface area contributed by atoms with E-state index in [-0.39, 0.29) is 23.9 Å². The van der Waals surface area contributed by atoms with E-state index in [1.807, 2.05) is 13.8 Å². The summed E-state index contributed by atoms with van der Waals surface area (Å²) < 4.78 is 43.0. The molecule has 1 amide bonds. The van der Waals surface area contributed by atoms with E-state index in [0.717, 1.165) is 0 Å². The van der Waals surface area contributed by atoms with E-state index >= 15 is 0 Å². The predicted octanol–water partition coefficient (Wildman–Crippen LogP) is 2.20. The second-order valence-electron chi connectivity index (χ2n) is 5.86. The molecule has 2 N–H and O–H groups in total. The lowest BCUT2D eigenvalue weighted by molar-refractivity contribution is 0.0953. The number of hydrogen-bond donors (Lipinski definition) is 2. The summed E-state index contributed by atoms with van der Waals surface area (Å²) in [6.07, 6.45) is 0. The van der Waals surface area contributed by atoms with Gasteiger partial charge in [-0.25, -0.2) is 13.1 Å². The van der Waals surface area contributed by atoms with E-state index in [0.29, 0.717) is 36.0 Å². The monoisotopic (exact) mass is 422 g/mol. The fourth-order valence-electron chi connectivity index (χ4n) is 2.49. The van der Waals surface area contributed by atoms with Gasteiger partial charge in [0.05, 0.1) is 25.2 Å². The van der Waals surface area contributed by atoms with Crippen LogP contribution in [0.1, 0.15) is 24.2 Å². The third-order valence-corrected chi connectivity index (χ3v) is 5.35. The molecular formula is C20H26N2O6S. The smallest absolute Gasteiger partial charge is 0.251 e. The van der Waals surface area contributed by atoms with Crippen LogP contribution in [0.4, 0.5) is 0 Å². The van der Waals surface area contributed by atoms with E-state index in [4.69, 9.17) is 14.2 Å². The van der Waals surface area contributed by atoms with Crippen molar-refractivity contribution in [2.75, 3.05) is 33.4 Å². The van der Waals surface area contributed by atoms with Crippen LogP contribution < -0.4 is 24.2 Å². The van der Waals surface area contributed by atoms with Crippen molar-refractivity contribution in [2.45, 2.75) is 18.7 Å². The molecule has 0 aromatic heterocycles. The molecule has 2 rings (SSSR count). The summed E-state index contributed by atoms with van der Waals surface area (Å²) in [5.41, 5.74) is 0.398. The van der Waals surface area contributed by atoms with Gasteiger partial charge >= 0.3 is 0 Å². The van der Waals surface area contributed by atoms with Gasteiger partial charge in [0, 0.05) is 18.7 Å². The van der Waals surface area contributed by atoms with E-state index in [1.165, 1.54) is 19.2 Å². The average Bonchev–Trinajstić information content (AvgIpc) is 2.72.